The van der Waals surface area contributed by atoms with Gasteiger partial charge in [0.1, 0.15) is 5.65 Å². The van der Waals surface area contributed by atoms with Crippen molar-refractivity contribution in [1.82, 2.24) is 9.97 Å². The zero-order chi connectivity index (χ0) is 20.3. The summed E-state index contributed by atoms with van der Waals surface area (Å²) in [7, 11) is 1.41. The van der Waals surface area contributed by atoms with Crippen LogP contribution in [0.5, 0.6) is 0 Å². The fourth-order valence-electron chi connectivity index (χ4n) is 3.27. The third kappa shape index (κ3) is 4.22. The van der Waals surface area contributed by atoms with Crippen LogP contribution in [0.1, 0.15) is 43.4 Å². The molecule has 28 heavy (non-hydrogen) atoms. The largest absolute Gasteiger partial charge is 0.468 e. The van der Waals surface area contributed by atoms with E-state index in [1.165, 1.54) is 12.7 Å². The Morgan fingerprint density at radius 1 is 1.29 bits per heavy atom. The molecule has 0 spiro atoms. The molecule has 0 saturated heterocycles. The third-order valence-electron chi connectivity index (χ3n) is 5.03. The van der Waals surface area contributed by atoms with Crippen LogP contribution < -0.4 is 0 Å². The Hall–Kier alpha value is -1.93. The van der Waals surface area contributed by atoms with Gasteiger partial charge in [0.2, 0.25) is 0 Å². The van der Waals surface area contributed by atoms with Crippen LogP contribution in [0.25, 0.3) is 11.0 Å². The zero-order valence-electron chi connectivity index (χ0n) is 16.6. The highest BCUT2D eigenvalue weighted by molar-refractivity contribution is 14.1. The zero-order valence-corrected chi connectivity index (χ0v) is 18.7. The number of esters is 1. The molecule has 0 radical (unpaired) electrons. The number of pyridine rings is 1. The Balaban J connectivity index is 1.84. The predicted octanol–water partition coefficient (Wildman–Crippen LogP) is 4.94. The molecular formula is C22H25IN2O3. The van der Waals surface area contributed by atoms with E-state index in [0.717, 1.165) is 25.9 Å². The van der Waals surface area contributed by atoms with E-state index in [-0.39, 0.29) is 11.9 Å². The van der Waals surface area contributed by atoms with Crippen LogP contribution >= 0.6 is 22.6 Å². The molecule has 0 aliphatic rings. The predicted molar refractivity (Wildman–Crippen MR) is 118 cm³/mol. The molecule has 3 aromatic rings. The lowest BCUT2D eigenvalue weighted by atomic mass is 9.85. The smallest absolute Gasteiger partial charge is 0.315 e. The van der Waals surface area contributed by atoms with Crippen LogP contribution in [-0.2, 0) is 26.3 Å². The summed E-state index contributed by atoms with van der Waals surface area (Å²) in [6.07, 6.45) is 1.74. The van der Waals surface area contributed by atoms with Gasteiger partial charge in [0.15, 0.2) is 0 Å². The first-order chi connectivity index (χ1) is 13.3. The number of halogens is 1. The number of H-pyrrole nitrogens is 1. The number of nitrogens with one attached hydrogen (secondary N) is 1. The van der Waals surface area contributed by atoms with Crippen molar-refractivity contribution < 1.29 is 14.3 Å². The van der Waals surface area contributed by atoms with Gasteiger partial charge in [-0.2, -0.15) is 0 Å². The molecule has 1 aromatic carbocycles. The standard InChI is InChI=1S/C22H25IN2O3/c1-14(12-28-13-15-8-6-5-7-9-15)18-17-10-16(22(2,3)21(26)27-4)11-24-20(17)25-19(18)23/h5-11,14H,12-13H2,1-4H3,(H,24,25)/t14-/m1/s1. The summed E-state index contributed by atoms with van der Waals surface area (Å²) in [5.74, 6) is -0.0951. The molecule has 6 heteroatoms. The van der Waals surface area contributed by atoms with Gasteiger partial charge in [0.25, 0.3) is 0 Å². The van der Waals surface area contributed by atoms with E-state index in [1.807, 2.05) is 38.1 Å². The lowest BCUT2D eigenvalue weighted by Crippen LogP contribution is -2.30. The Bertz CT molecular complexity index is 967. The lowest BCUT2D eigenvalue weighted by molar-refractivity contribution is -0.146. The van der Waals surface area contributed by atoms with Crippen molar-refractivity contribution >= 4 is 39.6 Å². The van der Waals surface area contributed by atoms with E-state index in [1.54, 1.807) is 6.20 Å². The summed E-state index contributed by atoms with van der Waals surface area (Å²) in [6, 6.07) is 12.2. The number of carbonyl (C=O) groups excluding carboxylic acids is 1. The van der Waals surface area contributed by atoms with E-state index in [2.05, 4.69) is 51.6 Å². The van der Waals surface area contributed by atoms with Crippen LogP contribution in [0.3, 0.4) is 0 Å². The van der Waals surface area contributed by atoms with Crippen LogP contribution in [0.4, 0.5) is 0 Å². The number of aromatic nitrogens is 2. The molecule has 1 atom stereocenters. The summed E-state index contributed by atoms with van der Waals surface area (Å²) in [5.41, 5.74) is 3.22. The average Bonchev–Trinajstić information content (AvgIpc) is 3.02. The Morgan fingerprint density at radius 3 is 2.68 bits per heavy atom. The fourth-order valence-corrected chi connectivity index (χ4v) is 4.34. The Morgan fingerprint density at radius 2 is 2.00 bits per heavy atom. The number of hydrogen-bond donors (Lipinski definition) is 1. The van der Waals surface area contributed by atoms with Crippen molar-refractivity contribution in [3.8, 4) is 0 Å². The molecule has 148 valence electrons. The summed E-state index contributed by atoms with van der Waals surface area (Å²) in [6.45, 7) is 7.04. The van der Waals surface area contributed by atoms with Gasteiger partial charge in [-0.25, -0.2) is 4.98 Å². The normalized spacial score (nSPS) is 12.9. The molecule has 2 heterocycles. The summed E-state index contributed by atoms with van der Waals surface area (Å²) in [5, 5.41) is 1.02. The van der Waals surface area contributed by atoms with Gasteiger partial charge >= 0.3 is 5.97 Å². The van der Waals surface area contributed by atoms with Gasteiger partial charge in [-0.05, 0) is 59.2 Å². The lowest BCUT2D eigenvalue weighted by Gasteiger charge is -2.22. The molecule has 1 N–H and O–H groups in total. The maximum atomic E-state index is 12.2. The SMILES string of the molecule is COC(=O)C(C)(C)c1cnc2[nH]c(I)c([C@H](C)COCc3ccccc3)c2c1. The average molecular weight is 492 g/mol. The molecule has 0 unspecified atom stereocenters. The molecule has 0 saturated carbocycles. The third-order valence-corrected chi connectivity index (χ3v) is 5.88. The molecule has 3 rings (SSSR count). The first-order valence-corrected chi connectivity index (χ1v) is 10.3. The fraction of sp³-hybridized carbons (Fsp3) is 0.364. The van der Waals surface area contributed by atoms with E-state index in [9.17, 15) is 4.79 Å². The highest BCUT2D eigenvalue weighted by atomic mass is 127. The van der Waals surface area contributed by atoms with Crippen LogP contribution in [0.2, 0.25) is 0 Å². The summed E-state index contributed by atoms with van der Waals surface area (Å²) >= 11 is 2.30. The molecule has 0 aliphatic carbocycles. The van der Waals surface area contributed by atoms with Crippen molar-refractivity contribution in [2.45, 2.75) is 38.7 Å². The monoisotopic (exact) mass is 492 g/mol. The maximum Gasteiger partial charge on any atom is 0.315 e. The van der Waals surface area contributed by atoms with Gasteiger partial charge in [-0.1, -0.05) is 37.3 Å². The number of aromatic amines is 1. The molecule has 0 bridgehead atoms. The minimum absolute atomic E-state index is 0.183. The van der Waals surface area contributed by atoms with Crippen molar-refractivity contribution in [1.29, 1.82) is 0 Å². The summed E-state index contributed by atoms with van der Waals surface area (Å²) < 4.78 is 12.0. The number of benzene rings is 1. The van der Waals surface area contributed by atoms with E-state index in [0.29, 0.717) is 13.2 Å². The second kappa shape index (κ2) is 8.61. The van der Waals surface area contributed by atoms with Crippen LogP contribution in [0, 0.1) is 3.70 Å². The van der Waals surface area contributed by atoms with E-state index < -0.39 is 5.41 Å². The molecule has 0 aliphatic heterocycles. The second-order valence-corrected chi connectivity index (χ2v) is 8.57. The van der Waals surface area contributed by atoms with Crippen molar-refractivity contribution in [2.24, 2.45) is 0 Å². The van der Waals surface area contributed by atoms with Crippen molar-refractivity contribution in [3.05, 3.63) is 63.0 Å². The number of hydrogen-bond acceptors (Lipinski definition) is 4. The second-order valence-electron chi connectivity index (χ2n) is 7.49. The number of fused-ring (bicyclic) bond motifs is 1. The van der Waals surface area contributed by atoms with Gasteiger partial charge in [0, 0.05) is 17.5 Å². The van der Waals surface area contributed by atoms with Crippen molar-refractivity contribution in [3.63, 3.8) is 0 Å². The van der Waals surface area contributed by atoms with Gasteiger partial charge in [0.05, 0.1) is 29.4 Å². The summed E-state index contributed by atoms with van der Waals surface area (Å²) in [4.78, 5) is 20.1. The van der Waals surface area contributed by atoms with Gasteiger partial charge < -0.3 is 14.5 Å². The maximum absolute atomic E-state index is 12.2. The number of carbonyl (C=O) groups is 1. The highest BCUT2D eigenvalue weighted by Gasteiger charge is 2.32. The molecule has 5 nitrogen and oxygen atoms in total. The highest BCUT2D eigenvalue weighted by Crippen LogP contribution is 2.33. The van der Waals surface area contributed by atoms with Crippen molar-refractivity contribution in [2.75, 3.05) is 13.7 Å². The minimum atomic E-state index is -0.761. The van der Waals surface area contributed by atoms with Gasteiger partial charge in [-0.3, -0.25) is 4.79 Å². The molecular weight excluding hydrogens is 467 g/mol. The Labute approximate surface area is 179 Å². The van der Waals surface area contributed by atoms with Crippen LogP contribution in [-0.4, -0.2) is 29.7 Å². The van der Waals surface area contributed by atoms with E-state index in [4.69, 9.17) is 9.47 Å². The minimum Gasteiger partial charge on any atom is -0.468 e. The topological polar surface area (TPSA) is 64.2 Å². The molecule has 2 aromatic heterocycles. The number of rotatable bonds is 7. The van der Waals surface area contributed by atoms with E-state index >= 15 is 0 Å². The van der Waals surface area contributed by atoms with Crippen LogP contribution in [0.15, 0.2) is 42.6 Å². The number of nitrogens with zero attached hydrogens (tertiary/aromatic N) is 1. The number of ether oxygens (including phenoxy) is 2. The quantitative estimate of drug-likeness (QED) is 0.375. The first-order valence-electron chi connectivity index (χ1n) is 9.22. The molecule has 0 amide bonds. The Kier molecular flexibility index (Phi) is 6.40. The first kappa shape index (κ1) is 20.8. The number of methoxy groups -OCH3 is 1. The van der Waals surface area contributed by atoms with Gasteiger partial charge in [-0.15, -0.1) is 0 Å². The molecule has 0 fully saturated rings.